The van der Waals surface area contributed by atoms with Crippen molar-refractivity contribution in [1.29, 1.82) is 0 Å². The lowest BCUT2D eigenvalue weighted by Crippen LogP contribution is -2.16. The molecule has 0 aliphatic carbocycles. The summed E-state index contributed by atoms with van der Waals surface area (Å²) < 4.78 is 0. The van der Waals surface area contributed by atoms with Gasteiger partial charge in [-0.15, -0.1) is 0 Å². The number of aliphatic hydroxyl groups is 1. The second kappa shape index (κ2) is 4.80. The molecule has 0 fully saturated rings. The van der Waals surface area contributed by atoms with Crippen LogP contribution in [-0.2, 0) is 0 Å². The smallest absolute Gasteiger partial charge is 0.0568 e. The van der Waals surface area contributed by atoms with E-state index in [-0.39, 0.29) is 12.0 Å². The van der Waals surface area contributed by atoms with E-state index < -0.39 is 0 Å². The first-order chi connectivity index (χ1) is 4.22. The van der Waals surface area contributed by atoms with Crippen molar-refractivity contribution in [3.63, 3.8) is 0 Å². The molecule has 0 bridgehead atoms. The highest BCUT2D eigenvalue weighted by atomic mass is 16.3. The molecule has 1 nitrogen and oxygen atoms in total. The molecule has 1 N–H and O–H groups in total. The molecule has 1 heteroatoms. The molecular formula is C8H17O. The van der Waals surface area contributed by atoms with Gasteiger partial charge in [0, 0.05) is 0 Å². The lowest BCUT2D eigenvalue weighted by molar-refractivity contribution is 0.116. The molecule has 0 aromatic rings. The summed E-state index contributed by atoms with van der Waals surface area (Å²) in [6.07, 6.45) is 2.73. The second-order valence-corrected chi connectivity index (χ2v) is 2.52. The fourth-order valence-electron chi connectivity index (χ4n) is 0.804. The zero-order valence-electron chi connectivity index (χ0n) is 6.43. The summed E-state index contributed by atoms with van der Waals surface area (Å²) in [4.78, 5) is 0. The van der Waals surface area contributed by atoms with Crippen LogP contribution in [0.4, 0.5) is 0 Å². The minimum absolute atomic E-state index is 0.181. The summed E-state index contributed by atoms with van der Waals surface area (Å²) in [6, 6.07) is 0. The third kappa shape index (κ3) is 3.52. The molecule has 1 unspecified atom stereocenters. The van der Waals surface area contributed by atoms with Crippen LogP contribution in [0, 0.1) is 12.8 Å². The van der Waals surface area contributed by atoms with Crippen molar-refractivity contribution in [2.75, 3.05) is 0 Å². The molecule has 2 atom stereocenters. The molecule has 0 aliphatic heterocycles. The van der Waals surface area contributed by atoms with Gasteiger partial charge in [-0.05, 0) is 19.3 Å². The Labute approximate surface area is 58.1 Å². The number of hydrogen-bond donors (Lipinski definition) is 1. The number of aliphatic hydroxyl groups excluding tert-OH is 1. The zero-order chi connectivity index (χ0) is 7.28. The Bertz CT molecular complexity index is 61.6. The van der Waals surface area contributed by atoms with E-state index in [1.807, 2.05) is 0 Å². The maximum Gasteiger partial charge on any atom is 0.0568 e. The Morgan fingerprint density at radius 1 is 1.44 bits per heavy atom. The molecule has 55 valence electrons. The molecule has 0 saturated heterocycles. The molecule has 0 amide bonds. The van der Waals surface area contributed by atoms with Crippen LogP contribution in [-0.4, -0.2) is 11.2 Å². The summed E-state index contributed by atoms with van der Waals surface area (Å²) in [5.74, 6) is 0.227. The first-order valence-electron chi connectivity index (χ1n) is 3.73. The van der Waals surface area contributed by atoms with Gasteiger partial charge in [-0.2, -0.15) is 0 Å². The molecule has 0 saturated carbocycles. The lowest BCUT2D eigenvalue weighted by Gasteiger charge is -2.15. The first-order valence-corrected chi connectivity index (χ1v) is 3.73. The van der Waals surface area contributed by atoms with E-state index in [0.717, 1.165) is 19.3 Å². The van der Waals surface area contributed by atoms with Crippen molar-refractivity contribution >= 4 is 0 Å². The van der Waals surface area contributed by atoms with E-state index in [1.54, 1.807) is 0 Å². The van der Waals surface area contributed by atoms with E-state index in [0.29, 0.717) is 0 Å². The van der Waals surface area contributed by atoms with Gasteiger partial charge in [0.2, 0.25) is 0 Å². The normalized spacial score (nSPS) is 17.3. The van der Waals surface area contributed by atoms with Crippen molar-refractivity contribution in [2.45, 2.75) is 39.2 Å². The SMILES string of the molecule is [CH2][C@@H](CC)C(O)CCC. The third-order valence-corrected chi connectivity index (χ3v) is 1.65. The van der Waals surface area contributed by atoms with Crippen LogP contribution in [0.1, 0.15) is 33.1 Å². The minimum Gasteiger partial charge on any atom is -0.393 e. The van der Waals surface area contributed by atoms with Gasteiger partial charge < -0.3 is 5.11 Å². The molecule has 0 aromatic carbocycles. The highest BCUT2D eigenvalue weighted by molar-refractivity contribution is 4.68. The van der Waals surface area contributed by atoms with Gasteiger partial charge >= 0.3 is 0 Å². The summed E-state index contributed by atoms with van der Waals surface area (Å²) >= 11 is 0. The standard InChI is InChI=1S/C8H17O/c1-4-6-8(9)7(3)5-2/h7-9H,3-6H2,1-2H3/t7-,8?/m0/s1. The van der Waals surface area contributed by atoms with Crippen LogP contribution in [0.3, 0.4) is 0 Å². The van der Waals surface area contributed by atoms with Gasteiger partial charge in [0.25, 0.3) is 0 Å². The van der Waals surface area contributed by atoms with Gasteiger partial charge in [0.15, 0.2) is 0 Å². The van der Waals surface area contributed by atoms with E-state index >= 15 is 0 Å². The lowest BCUT2D eigenvalue weighted by atomic mass is 9.98. The van der Waals surface area contributed by atoms with E-state index in [1.165, 1.54) is 0 Å². The Morgan fingerprint density at radius 2 is 2.00 bits per heavy atom. The molecule has 9 heavy (non-hydrogen) atoms. The average Bonchev–Trinajstić information content (AvgIpc) is 1.87. The predicted molar refractivity (Wildman–Crippen MR) is 40.1 cm³/mol. The van der Waals surface area contributed by atoms with Crippen LogP contribution in [0.15, 0.2) is 0 Å². The van der Waals surface area contributed by atoms with Crippen molar-refractivity contribution in [3.05, 3.63) is 6.92 Å². The van der Waals surface area contributed by atoms with Gasteiger partial charge in [-0.1, -0.05) is 26.7 Å². The van der Waals surface area contributed by atoms with Crippen LogP contribution in [0.5, 0.6) is 0 Å². The molecule has 0 aromatic heterocycles. The van der Waals surface area contributed by atoms with Crippen LogP contribution < -0.4 is 0 Å². The van der Waals surface area contributed by atoms with Crippen LogP contribution in [0.2, 0.25) is 0 Å². The fraction of sp³-hybridized carbons (Fsp3) is 0.875. The Kier molecular flexibility index (Phi) is 4.78. The first kappa shape index (κ1) is 8.96. The van der Waals surface area contributed by atoms with E-state index in [2.05, 4.69) is 20.8 Å². The average molecular weight is 129 g/mol. The molecule has 0 aliphatic rings. The number of rotatable bonds is 4. The van der Waals surface area contributed by atoms with E-state index in [4.69, 9.17) is 0 Å². The quantitative estimate of drug-likeness (QED) is 0.615. The maximum absolute atomic E-state index is 9.26. The maximum atomic E-state index is 9.26. The van der Waals surface area contributed by atoms with Gasteiger partial charge in [-0.25, -0.2) is 0 Å². The van der Waals surface area contributed by atoms with Gasteiger partial charge in [0.05, 0.1) is 6.10 Å². The molecule has 1 radical (unpaired) electrons. The predicted octanol–water partition coefficient (Wildman–Crippen LogP) is 2.01. The van der Waals surface area contributed by atoms with Gasteiger partial charge in [-0.3, -0.25) is 0 Å². The Hall–Kier alpha value is -0.0400. The van der Waals surface area contributed by atoms with Gasteiger partial charge in [0.1, 0.15) is 0 Å². The summed E-state index contributed by atoms with van der Waals surface area (Å²) in [5, 5.41) is 9.26. The monoisotopic (exact) mass is 129 g/mol. The Morgan fingerprint density at radius 3 is 2.33 bits per heavy atom. The molecule has 0 heterocycles. The van der Waals surface area contributed by atoms with Crippen molar-refractivity contribution in [1.82, 2.24) is 0 Å². The van der Waals surface area contributed by atoms with E-state index in [9.17, 15) is 5.11 Å². The van der Waals surface area contributed by atoms with Crippen molar-refractivity contribution in [2.24, 2.45) is 5.92 Å². The molecule has 0 spiro atoms. The van der Waals surface area contributed by atoms with Crippen molar-refractivity contribution < 1.29 is 5.11 Å². The zero-order valence-corrected chi connectivity index (χ0v) is 6.43. The molecular weight excluding hydrogens is 112 g/mol. The summed E-state index contributed by atoms with van der Waals surface area (Å²) in [7, 11) is 0. The second-order valence-electron chi connectivity index (χ2n) is 2.52. The topological polar surface area (TPSA) is 20.2 Å². The largest absolute Gasteiger partial charge is 0.393 e. The Balaban J connectivity index is 3.32. The minimum atomic E-state index is -0.181. The number of hydrogen-bond acceptors (Lipinski definition) is 1. The van der Waals surface area contributed by atoms with Crippen LogP contribution >= 0.6 is 0 Å². The fourth-order valence-corrected chi connectivity index (χ4v) is 0.804. The van der Waals surface area contributed by atoms with Crippen LogP contribution in [0.25, 0.3) is 0 Å². The summed E-state index contributed by atoms with van der Waals surface area (Å²) in [5.41, 5.74) is 0. The summed E-state index contributed by atoms with van der Waals surface area (Å²) in [6.45, 7) is 7.95. The highest BCUT2D eigenvalue weighted by Crippen LogP contribution is 2.10. The molecule has 0 rings (SSSR count). The van der Waals surface area contributed by atoms with Crippen molar-refractivity contribution in [3.8, 4) is 0 Å². The third-order valence-electron chi connectivity index (χ3n) is 1.65. The highest BCUT2D eigenvalue weighted by Gasteiger charge is 2.09.